The van der Waals surface area contributed by atoms with Crippen LogP contribution in [0.15, 0.2) is 24.3 Å². The summed E-state index contributed by atoms with van der Waals surface area (Å²) in [5.41, 5.74) is 1.21. The number of nitro groups is 1. The smallest absolute Gasteiger partial charge is 0.269 e. The highest BCUT2D eigenvalue weighted by molar-refractivity contribution is 5.34. The lowest BCUT2D eigenvalue weighted by atomic mass is 9.81. The largest absolute Gasteiger partial charge is 0.396 e. The summed E-state index contributed by atoms with van der Waals surface area (Å²) in [7, 11) is 2.05. The summed E-state index contributed by atoms with van der Waals surface area (Å²) in [6.07, 6.45) is 0.986. The van der Waals surface area contributed by atoms with Gasteiger partial charge in [-0.05, 0) is 31.5 Å². The fourth-order valence-electron chi connectivity index (χ4n) is 2.68. The molecule has 1 aliphatic rings. The fourth-order valence-corrected chi connectivity index (χ4v) is 2.68. The van der Waals surface area contributed by atoms with Crippen molar-refractivity contribution in [2.45, 2.75) is 12.3 Å². The number of rotatable bonds is 3. The van der Waals surface area contributed by atoms with Gasteiger partial charge in [0.2, 0.25) is 0 Å². The zero-order valence-corrected chi connectivity index (χ0v) is 10.5. The standard InChI is InChI=1S/C13H18N2O3/c1-14-7-6-13(11(8-14)9-16)10-2-4-12(5-3-10)15(17)18/h2-5,11,13,16H,6-9H2,1H3/t11-,13+/m1/s1. The van der Waals surface area contributed by atoms with E-state index in [1.54, 1.807) is 12.1 Å². The highest BCUT2D eigenvalue weighted by Crippen LogP contribution is 2.33. The van der Waals surface area contributed by atoms with Gasteiger partial charge in [-0.1, -0.05) is 12.1 Å². The van der Waals surface area contributed by atoms with E-state index in [0.29, 0.717) is 5.92 Å². The lowest BCUT2D eigenvalue weighted by Crippen LogP contribution is -2.38. The number of piperidine rings is 1. The molecule has 0 unspecified atom stereocenters. The van der Waals surface area contributed by atoms with Crippen LogP contribution < -0.4 is 0 Å². The molecule has 18 heavy (non-hydrogen) atoms. The molecule has 0 amide bonds. The average Bonchev–Trinajstić information content (AvgIpc) is 2.38. The molecule has 0 saturated carbocycles. The minimum Gasteiger partial charge on any atom is -0.396 e. The van der Waals surface area contributed by atoms with Crippen LogP contribution in [0.5, 0.6) is 0 Å². The van der Waals surface area contributed by atoms with E-state index in [2.05, 4.69) is 11.9 Å². The Kier molecular flexibility index (Phi) is 3.93. The maximum absolute atomic E-state index is 10.6. The van der Waals surface area contributed by atoms with E-state index >= 15 is 0 Å². The van der Waals surface area contributed by atoms with Crippen molar-refractivity contribution in [3.63, 3.8) is 0 Å². The van der Waals surface area contributed by atoms with Gasteiger partial charge >= 0.3 is 0 Å². The molecule has 1 heterocycles. The van der Waals surface area contributed by atoms with Crippen LogP contribution in [0.4, 0.5) is 5.69 Å². The van der Waals surface area contributed by atoms with Gasteiger partial charge in [-0.15, -0.1) is 0 Å². The van der Waals surface area contributed by atoms with Gasteiger partial charge in [0.05, 0.1) is 4.92 Å². The summed E-state index contributed by atoms with van der Waals surface area (Å²) in [6.45, 7) is 2.03. The van der Waals surface area contributed by atoms with Gasteiger partial charge in [0, 0.05) is 31.2 Å². The van der Waals surface area contributed by atoms with Crippen LogP contribution in [0.25, 0.3) is 0 Å². The van der Waals surface area contributed by atoms with E-state index in [1.165, 1.54) is 0 Å². The van der Waals surface area contributed by atoms with Gasteiger partial charge in [-0.3, -0.25) is 10.1 Å². The molecule has 0 aromatic heterocycles. The lowest BCUT2D eigenvalue weighted by Gasteiger charge is -2.36. The summed E-state index contributed by atoms with van der Waals surface area (Å²) in [5.74, 6) is 0.511. The van der Waals surface area contributed by atoms with E-state index in [4.69, 9.17) is 0 Å². The Morgan fingerprint density at radius 3 is 2.67 bits per heavy atom. The summed E-state index contributed by atoms with van der Waals surface area (Å²) >= 11 is 0. The van der Waals surface area contributed by atoms with E-state index in [-0.39, 0.29) is 23.1 Å². The van der Waals surface area contributed by atoms with Gasteiger partial charge in [0.15, 0.2) is 0 Å². The highest BCUT2D eigenvalue weighted by Gasteiger charge is 2.28. The maximum atomic E-state index is 10.6. The van der Waals surface area contributed by atoms with Crippen LogP contribution in [0.1, 0.15) is 17.9 Å². The number of benzene rings is 1. The molecule has 0 aliphatic carbocycles. The quantitative estimate of drug-likeness (QED) is 0.654. The number of hydrogen-bond acceptors (Lipinski definition) is 4. The average molecular weight is 250 g/mol. The van der Waals surface area contributed by atoms with Crippen LogP contribution in [-0.2, 0) is 0 Å². The minimum atomic E-state index is -0.387. The molecular weight excluding hydrogens is 232 g/mol. The Morgan fingerprint density at radius 2 is 2.11 bits per heavy atom. The van der Waals surface area contributed by atoms with Crippen LogP contribution in [-0.4, -0.2) is 41.7 Å². The number of likely N-dealkylation sites (tertiary alicyclic amines) is 1. The second-order valence-electron chi connectivity index (χ2n) is 4.95. The zero-order chi connectivity index (χ0) is 13.1. The number of aliphatic hydroxyl groups is 1. The van der Waals surface area contributed by atoms with Crippen LogP contribution >= 0.6 is 0 Å². The molecule has 98 valence electrons. The Hall–Kier alpha value is -1.46. The van der Waals surface area contributed by atoms with Gasteiger partial charge in [-0.2, -0.15) is 0 Å². The van der Waals surface area contributed by atoms with Gasteiger partial charge in [-0.25, -0.2) is 0 Å². The van der Waals surface area contributed by atoms with Crippen LogP contribution in [0.2, 0.25) is 0 Å². The molecule has 0 radical (unpaired) electrons. The molecular formula is C13H18N2O3. The predicted molar refractivity (Wildman–Crippen MR) is 68.5 cm³/mol. The van der Waals surface area contributed by atoms with Crippen molar-refractivity contribution in [2.24, 2.45) is 5.92 Å². The third kappa shape index (κ3) is 2.68. The zero-order valence-electron chi connectivity index (χ0n) is 10.5. The minimum absolute atomic E-state index is 0.118. The van der Waals surface area contributed by atoms with Crippen molar-refractivity contribution in [1.82, 2.24) is 4.90 Å². The number of hydrogen-bond donors (Lipinski definition) is 1. The first-order valence-corrected chi connectivity index (χ1v) is 6.15. The number of non-ortho nitro benzene ring substituents is 1. The summed E-state index contributed by atoms with van der Waals surface area (Å²) in [6, 6.07) is 6.72. The van der Waals surface area contributed by atoms with E-state index in [0.717, 1.165) is 25.1 Å². The number of nitro benzene ring substituents is 1. The topological polar surface area (TPSA) is 66.6 Å². The molecule has 2 rings (SSSR count). The summed E-state index contributed by atoms with van der Waals surface area (Å²) < 4.78 is 0. The normalized spacial score (nSPS) is 25.0. The Labute approximate surface area is 106 Å². The molecule has 1 aliphatic heterocycles. The van der Waals surface area contributed by atoms with Crippen molar-refractivity contribution in [3.8, 4) is 0 Å². The van der Waals surface area contributed by atoms with E-state index < -0.39 is 0 Å². The Balaban J connectivity index is 2.17. The molecule has 1 fully saturated rings. The summed E-state index contributed by atoms with van der Waals surface area (Å²) in [5, 5.41) is 20.1. The van der Waals surface area contributed by atoms with E-state index in [1.807, 2.05) is 12.1 Å². The second-order valence-corrected chi connectivity index (χ2v) is 4.95. The molecule has 0 spiro atoms. The lowest BCUT2D eigenvalue weighted by molar-refractivity contribution is -0.384. The molecule has 2 atom stereocenters. The first-order chi connectivity index (χ1) is 8.61. The second kappa shape index (κ2) is 5.46. The van der Waals surface area contributed by atoms with Crippen molar-refractivity contribution in [2.75, 3.05) is 26.7 Å². The monoisotopic (exact) mass is 250 g/mol. The van der Waals surface area contributed by atoms with E-state index in [9.17, 15) is 15.2 Å². The highest BCUT2D eigenvalue weighted by atomic mass is 16.6. The number of nitrogens with zero attached hydrogens (tertiary/aromatic N) is 2. The first kappa shape index (κ1) is 13.0. The van der Waals surface area contributed by atoms with Gasteiger partial charge < -0.3 is 10.0 Å². The predicted octanol–water partition coefficient (Wildman–Crippen LogP) is 1.62. The van der Waals surface area contributed by atoms with Crippen molar-refractivity contribution >= 4 is 5.69 Å². The van der Waals surface area contributed by atoms with Crippen LogP contribution in [0.3, 0.4) is 0 Å². The van der Waals surface area contributed by atoms with Crippen molar-refractivity contribution < 1.29 is 10.0 Å². The molecule has 1 N–H and O–H groups in total. The van der Waals surface area contributed by atoms with Gasteiger partial charge in [0.25, 0.3) is 5.69 Å². The third-order valence-electron chi connectivity index (χ3n) is 3.70. The molecule has 1 saturated heterocycles. The molecule has 1 aromatic carbocycles. The third-order valence-corrected chi connectivity index (χ3v) is 3.70. The molecule has 0 bridgehead atoms. The molecule has 5 nitrogen and oxygen atoms in total. The maximum Gasteiger partial charge on any atom is 0.269 e. The van der Waals surface area contributed by atoms with Crippen molar-refractivity contribution in [3.05, 3.63) is 39.9 Å². The molecule has 1 aromatic rings. The summed E-state index contributed by atoms with van der Waals surface area (Å²) in [4.78, 5) is 12.4. The first-order valence-electron chi connectivity index (χ1n) is 6.15. The van der Waals surface area contributed by atoms with Crippen LogP contribution in [0, 0.1) is 16.0 Å². The fraction of sp³-hybridized carbons (Fsp3) is 0.538. The molecule has 5 heteroatoms. The number of aliphatic hydroxyl groups excluding tert-OH is 1. The Morgan fingerprint density at radius 1 is 1.44 bits per heavy atom. The van der Waals surface area contributed by atoms with Gasteiger partial charge in [0.1, 0.15) is 0 Å². The van der Waals surface area contributed by atoms with Crippen molar-refractivity contribution in [1.29, 1.82) is 0 Å². The SMILES string of the molecule is CN1CC[C@@H](c2ccc([N+](=O)[O-])cc2)[C@@H](CO)C1. The Bertz CT molecular complexity index is 419.